The molecule has 4 atom stereocenters. The number of aliphatic hydroxyl groups is 3. The van der Waals surface area contributed by atoms with E-state index in [4.69, 9.17) is 10.5 Å². The lowest BCUT2D eigenvalue weighted by Crippen LogP contribution is -2.33. The molecule has 0 aliphatic carbocycles. The first-order valence-corrected chi connectivity index (χ1v) is 7.64. The third kappa shape index (κ3) is 2.18. The van der Waals surface area contributed by atoms with Crippen molar-refractivity contribution in [1.82, 2.24) is 19.5 Å². The Morgan fingerprint density at radius 2 is 2.14 bits per heavy atom. The van der Waals surface area contributed by atoms with Gasteiger partial charge >= 0.3 is 0 Å². The van der Waals surface area contributed by atoms with Gasteiger partial charge in [0.25, 0.3) is 5.56 Å². The number of anilines is 1. The van der Waals surface area contributed by atoms with Gasteiger partial charge in [0, 0.05) is 0 Å². The minimum atomic E-state index is -1.30. The summed E-state index contributed by atoms with van der Waals surface area (Å²) in [6.45, 7) is -0.452. The molecule has 11 heteroatoms. The lowest BCUT2D eigenvalue weighted by molar-refractivity contribution is -0.0548. The van der Waals surface area contributed by atoms with Crippen molar-refractivity contribution in [1.29, 1.82) is 0 Å². The fourth-order valence-corrected chi connectivity index (χ4v) is 3.02. The minimum Gasteiger partial charge on any atom is -0.394 e. The molecule has 6 N–H and O–H groups in total. The summed E-state index contributed by atoms with van der Waals surface area (Å²) >= 11 is 1.22. The van der Waals surface area contributed by atoms with Crippen molar-refractivity contribution < 1.29 is 20.1 Å². The molecule has 3 rings (SSSR count). The highest BCUT2D eigenvalue weighted by atomic mass is 32.2. The van der Waals surface area contributed by atoms with Crippen LogP contribution >= 0.6 is 11.8 Å². The van der Waals surface area contributed by atoms with Crippen LogP contribution in [0.5, 0.6) is 0 Å². The number of aliphatic hydroxyl groups excluding tert-OH is 3. The van der Waals surface area contributed by atoms with Gasteiger partial charge in [-0.05, 0) is 6.26 Å². The molecule has 2 aromatic rings. The van der Waals surface area contributed by atoms with Crippen LogP contribution in [0.4, 0.5) is 5.95 Å². The summed E-state index contributed by atoms with van der Waals surface area (Å²) in [5, 5.41) is 29.6. The first-order chi connectivity index (χ1) is 10.5. The molecule has 22 heavy (non-hydrogen) atoms. The zero-order valence-corrected chi connectivity index (χ0v) is 12.3. The summed E-state index contributed by atoms with van der Waals surface area (Å²) in [4.78, 5) is 22.4. The van der Waals surface area contributed by atoms with E-state index in [1.807, 2.05) is 0 Å². The monoisotopic (exact) mass is 329 g/mol. The van der Waals surface area contributed by atoms with Crippen LogP contribution in [0.2, 0.25) is 0 Å². The van der Waals surface area contributed by atoms with E-state index >= 15 is 0 Å². The van der Waals surface area contributed by atoms with Gasteiger partial charge in [-0.2, -0.15) is 4.98 Å². The molecule has 1 unspecified atom stereocenters. The predicted octanol–water partition coefficient (Wildman–Crippen LogP) is -1.96. The second-order valence-corrected chi connectivity index (χ2v) is 5.59. The summed E-state index contributed by atoms with van der Waals surface area (Å²) in [6.07, 6.45) is -2.81. The maximum absolute atomic E-state index is 11.9. The molecule has 0 saturated carbocycles. The van der Waals surface area contributed by atoms with Crippen LogP contribution in [-0.2, 0) is 4.74 Å². The van der Waals surface area contributed by atoms with E-state index < -0.39 is 36.7 Å². The van der Waals surface area contributed by atoms with Gasteiger partial charge in [-0.3, -0.25) is 14.3 Å². The van der Waals surface area contributed by atoms with E-state index in [1.54, 1.807) is 6.26 Å². The SMILES string of the molecule is CSc1nc2c(=O)[nH]c(N)nc2n1[C@H]1O[C@@H](CO)[C@@H](O)C1O. The van der Waals surface area contributed by atoms with Gasteiger partial charge in [0.15, 0.2) is 22.5 Å². The Labute approximate surface area is 127 Å². The van der Waals surface area contributed by atoms with Crippen molar-refractivity contribution in [2.24, 2.45) is 0 Å². The van der Waals surface area contributed by atoms with Crippen LogP contribution in [0.25, 0.3) is 11.2 Å². The highest BCUT2D eigenvalue weighted by molar-refractivity contribution is 7.98. The number of aromatic nitrogens is 4. The number of aromatic amines is 1. The smallest absolute Gasteiger partial charge is 0.280 e. The van der Waals surface area contributed by atoms with Crippen molar-refractivity contribution in [3.05, 3.63) is 10.4 Å². The molecule has 3 heterocycles. The second-order valence-electron chi connectivity index (χ2n) is 4.82. The van der Waals surface area contributed by atoms with Crippen molar-refractivity contribution in [2.75, 3.05) is 18.6 Å². The Bertz CT molecular complexity index is 761. The molecule has 0 aromatic carbocycles. The van der Waals surface area contributed by atoms with Crippen LogP contribution in [0, 0.1) is 0 Å². The standard InChI is InChI=1S/C11H15N5O5S/c1-22-11-13-4-7(14-10(12)15-8(4)20)16(11)9-6(19)5(18)3(2-17)21-9/h3,5-6,9,17-19H,2H2,1H3,(H3,12,14,15,20)/t3-,5+,6?,9-/m0/s1. The van der Waals surface area contributed by atoms with Crippen molar-refractivity contribution in [2.45, 2.75) is 29.7 Å². The number of fused-ring (bicyclic) bond motifs is 1. The summed E-state index contributed by atoms with van der Waals surface area (Å²) in [7, 11) is 0. The third-order valence-electron chi connectivity index (χ3n) is 3.49. The zero-order valence-electron chi connectivity index (χ0n) is 11.5. The third-order valence-corrected chi connectivity index (χ3v) is 4.14. The molecular weight excluding hydrogens is 314 g/mol. The van der Waals surface area contributed by atoms with Crippen LogP contribution < -0.4 is 11.3 Å². The van der Waals surface area contributed by atoms with Crippen LogP contribution in [0.1, 0.15) is 6.23 Å². The van der Waals surface area contributed by atoms with E-state index in [-0.39, 0.29) is 17.1 Å². The number of nitrogens with one attached hydrogen (secondary N) is 1. The van der Waals surface area contributed by atoms with E-state index in [0.29, 0.717) is 5.16 Å². The van der Waals surface area contributed by atoms with Gasteiger partial charge in [-0.25, -0.2) is 4.98 Å². The van der Waals surface area contributed by atoms with Gasteiger partial charge < -0.3 is 25.8 Å². The number of hydrogen-bond donors (Lipinski definition) is 5. The number of nitrogen functional groups attached to an aromatic ring is 1. The molecular formula is C11H15N5O5S. The molecule has 0 bridgehead atoms. The average Bonchev–Trinajstić information content (AvgIpc) is 2.98. The maximum atomic E-state index is 11.9. The highest BCUT2D eigenvalue weighted by Gasteiger charge is 2.45. The van der Waals surface area contributed by atoms with Crippen molar-refractivity contribution >= 4 is 28.9 Å². The van der Waals surface area contributed by atoms with Crippen molar-refractivity contribution in [3.8, 4) is 0 Å². The molecule has 1 saturated heterocycles. The van der Waals surface area contributed by atoms with Crippen molar-refractivity contribution in [3.63, 3.8) is 0 Å². The Kier molecular flexibility index (Phi) is 3.82. The first kappa shape index (κ1) is 15.2. The molecule has 2 aromatic heterocycles. The molecule has 120 valence electrons. The van der Waals surface area contributed by atoms with E-state index in [0.717, 1.165) is 0 Å². The fraction of sp³-hybridized carbons (Fsp3) is 0.545. The first-order valence-electron chi connectivity index (χ1n) is 6.42. The Morgan fingerprint density at radius 3 is 2.73 bits per heavy atom. The number of ether oxygens (including phenoxy) is 1. The summed E-state index contributed by atoms with van der Waals surface area (Å²) in [6, 6.07) is 0. The number of nitrogens with two attached hydrogens (primary N) is 1. The summed E-state index contributed by atoms with van der Waals surface area (Å²) in [5.74, 6) is -0.0990. The van der Waals surface area contributed by atoms with E-state index in [2.05, 4.69) is 15.0 Å². The molecule has 0 spiro atoms. The van der Waals surface area contributed by atoms with Gasteiger partial charge in [0.05, 0.1) is 6.61 Å². The number of hydrogen-bond acceptors (Lipinski definition) is 9. The van der Waals surface area contributed by atoms with Gasteiger partial charge in [0.2, 0.25) is 5.95 Å². The largest absolute Gasteiger partial charge is 0.394 e. The number of nitrogens with zero attached hydrogens (tertiary/aromatic N) is 3. The lowest BCUT2D eigenvalue weighted by atomic mass is 10.1. The van der Waals surface area contributed by atoms with Crippen LogP contribution in [0.15, 0.2) is 9.95 Å². The Balaban J connectivity index is 2.20. The second kappa shape index (κ2) is 5.52. The molecule has 0 radical (unpaired) electrons. The van der Waals surface area contributed by atoms with E-state index in [1.165, 1.54) is 16.3 Å². The van der Waals surface area contributed by atoms with Gasteiger partial charge in [0.1, 0.15) is 18.3 Å². The predicted molar refractivity (Wildman–Crippen MR) is 77.4 cm³/mol. The van der Waals surface area contributed by atoms with Gasteiger partial charge in [-0.15, -0.1) is 0 Å². The van der Waals surface area contributed by atoms with Crippen LogP contribution in [-0.4, -0.2) is 66.0 Å². The number of rotatable bonds is 3. The number of H-pyrrole nitrogens is 1. The van der Waals surface area contributed by atoms with E-state index in [9.17, 15) is 20.1 Å². The maximum Gasteiger partial charge on any atom is 0.280 e. The van der Waals surface area contributed by atoms with Crippen LogP contribution in [0.3, 0.4) is 0 Å². The molecule has 1 fully saturated rings. The molecule has 0 amide bonds. The topological polar surface area (TPSA) is 160 Å². The lowest BCUT2D eigenvalue weighted by Gasteiger charge is -2.18. The number of thioether (sulfide) groups is 1. The normalized spacial score (nSPS) is 28.5. The fourth-order valence-electron chi connectivity index (χ4n) is 2.45. The summed E-state index contributed by atoms with van der Waals surface area (Å²) in [5.41, 5.74) is 5.23. The number of imidazole rings is 1. The minimum absolute atomic E-state index is 0.0521. The zero-order chi connectivity index (χ0) is 16.0. The summed E-state index contributed by atoms with van der Waals surface area (Å²) < 4.78 is 6.87. The van der Waals surface area contributed by atoms with Gasteiger partial charge in [-0.1, -0.05) is 11.8 Å². The molecule has 1 aliphatic heterocycles. The highest BCUT2D eigenvalue weighted by Crippen LogP contribution is 2.34. The molecule has 10 nitrogen and oxygen atoms in total. The quantitative estimate of drug-likeness (QED) is 0.403. The Morgan fingerprint density at radius 1 is 1.41 bits per heavy atom. The molecule has 1 aliphatic rings. The average molecular weight is 329 g/mol. The Hall–Kier alpha value is -1.66.